The van der Waals surface area contributed by atoms with Crippen molar-refractivity contribution < 1.29 is 9.53 Å². The van der Waals surface area contributed by atoms with Gasteiger partial charge in [0.2, 0.25) is 0 Å². The molecular formula is C27H34N6O2. The fourth-order valence-corrected chi connectivity index (χ4v) is 5.17. The van der Waals surface area contributed by atoms with E-state index in [2.05, 4.69) is 55.1 Å². The van der Waals surface area contributed by atoms with E-state index in [-0.39, 0.29) is 11.9 Å². The van der Waals surface area contributed by atoms with Crippen LogP contribution in [0.3, 0.4) is 0 Å². The molecule has 2 aliphatic heterocycles. The number of anilines is 1. The molecule has 3 aromatic rings. The van der Waals surface area contributed by atoms with Gasteiger partial charge in [-0.05, 0) is 55.2 Å². The molecule has 0 saturated carbocycles. The van der Waals surface area contributed by atoms with Gasteiger partial charge >= 0.3 is 0 Å². The number of carbonyl (C=O) groups is 1. The molecule has 1 N–H and O–H groups in total. The molecule has 1 unspecified atom stereocenters. The lowest BCUT2D eigenvalue weighted by atomic mass is 9.99. The van der Waals surface area contributed by atoms with Gasteiger partial charge in [0.1, 0.15) is 11.6 Å². The predicted octanol–water partition coefficient (Wildman–Crippen LogP) is 3.22. The van der Waals surface area contributed by atoms with E-state index in [9.17, 15) is 4.79 Å². The van der Waals surface area contributed by atoms with Crippen molar-refractivity contribution in [2.45, 2.75) is 45.3 Å². The number of nitrogens with one attached hydrogen (secondary N) is 1. The molecule has 0 saturated heterocycles. The fraction of sp³-hybridized carbons (Fsp3) is 0.444. The molecule has 0 fully saturated rings. The molecule has 8 heteroatoms. The number of aryl methyl sites for hydroxylation is 1. The molecule has 5 rings (SSSR count). The second kappa shape index (κ2) is 10.1. The maximum Gasteiger partial charge on any atom is 0.251 e. The molecule has 1 aromatic heterocycles. The van der Waals surface area contributed by atoms with Gasteiger partial charge < -0.3 is 19.5 Å². The summed E-state index contributed by atoms with van der Waals surface area (Å²) in [5, 5.41) is 12.0. The highest BCUT2D eigenvalue weighted by Crippen LogP contribution is 2.27. The molecule has 184 valence electrons. The third kappa shape index (κ3) is 5.03. The standard InChI is InChI=1S/C27H34N6O2/c1-19(28-27(34)22-6-4-8-23(17-22)35-3)26-30-29-25-11-13-32(14-15-33(25)26)18-20-9-10-24-21(16-20)7-5-12-31(24)2/h4,6,8-10,16-17,19H,5,7,11-15,18H2,1-3H3,(H,28,34). The lowest BCUT2D eigenvalue weighted by molar-refractivity contribution is 0.0937. The minimum absolute atomic E-state index is 0.151. The van der Waals surface area contributed by atoms with E-state index in [1.807, 2.05) is 19.1 Å². The molecular weight excluding hydrogens is 440 g/mol. The van der Waals surface area contributed by atoms with Crippen LogP contribution in [-0.4, -0.2) is 59.4 Å². The van der Waals surface area contributed by atoms with E-state index in [1.54, 1.807) is 19.2 Å². The number of fused-ring (bicyclic) bond motifs is 2. The van der Waals surface area contributed by atoms with Gasteiger partial charge in [0.15, 0.2) is 5.82 Å². The largest absolute Gasteiger partial charge is 0.497 e. The number of methoxy groups -OCH3 is 1. The molecule has 2 aliphatic rings. The van der Waals surface area contributed by atoms with Crippen molar-refractivity contribution in [3.63, 3.8) is 0 Å². The molecule has 8 nitrogen and oxygen atoms in total. The van der Waals surface area contributed by atoms with Crippen LogP contribution in [-0.2, 0) is 25.9 Å². The Kier molecular flexibility index (Phi) is 6.72. The van der Waals surface area contributed by atoms with Gasteiger partial charge in [-0.15, -0.1) is 10.2 Å². The number of carbonyl (C=O) groups excluding carboxylic acids is 1. The number of rotatable bonds is 6. The van der Waals surface area contributed by atoms with E-state index >= 15 is 0 Å². The molecule has 0 bridgehead atoms. The van der Waals surface area contributed by atoms with Gasteiger partial charge in [0.25, 0.3) is 5.91 Å². The second-order valence-corrected chi connectivity index (χ2v) is 9.57. The van der Waals surface area contributed by atoms with Crippen LogP contribution >= 0.6 is 0 Å². The van der Waals surface area contributed by atoms with Gasteiger partial charge in [-0.25, -0.2) is 0 Å². The summed E-state index contributed by atoms with van der Waals surface area (Å²) in [6.07, 6.45) is 3.23. The van der Waals surface area contributed by atoms with Gasteiger partial charge in [-0.2, -0.15) is 0 Å². The number of nitrogens with zero attached hydrogens (tertiary/aromatic N) is 5. The Morgan fingerprint density at radius 1 is 1.09 bits per heavy atom. The molecule has 0 radical (unpaired) electrons. The van der Waals surface area contributed by atoms with E-state index in [0.717, 1.165) is 57.2 Å². The summed E-state index contributed by atoms with van der Waals surface area (Å²) in [5.41, 5.74) is 4.77. The number of hydrogen-bond acceptors (Lipinski definition) is 6. The highest BCUT2D eigenvalue weighted by atomic mass is 16.5. The number of hydrogen-bond donors (Lipinski definition) is 1. The molecule has 0 spiro atoms. The zero-order valence-corrected chi connectivity index (χ0v) is 20.8. The van der Waals surface area contributed by atoms with Crippen LogP contribution in [0.2, 0.25) is 0 Å². The van der Waals surface area contributed by atoms with Crippen LogP contribution in [0.4, 0.5) is 5.69 Å². The van der Waals surface area contributed by atoms with Crippen molar-refractivity contribution in [1.82, 2.24) is 25.0 Å². The Bertz CT molecular complexity index is 1210. The van der Waals surface area contributed by atoms with Crippen molar-refractivity contribution in [3.8, 4) is 5.75 Å². The Hall–Kier alpha value is -3.39. The van der Waals surface area contributed by atoms with Gasteiger partial charge in [0, 0.05) is 57.4 Å². The number of ether oxygens (including phenoxy) is 1. The first-order chi connectivity index (χ1) is 17.0. The lowest BCUT2D eigenvalue weighted by Gasteiger charge is -2.28. The van der Waals surface area contributed by atoms with Crippen LogP contribution in [0.5, 0.6) is 5.75 Å². The van der Waals surface area contributed by atoms with Gasteiger partial charge in [0.05, 0.1) is 13.2 Å². The minimum atomic E-state index is -0.251. The molecule has 1 atom stereocenters. The van der Waals surface area contributed by atoms with Crippen LogP contribution in [0.15, 0.2) is 42.5 Å². The van der Waals surface area contributed by atoms with Crippen LogP contribution in [0, 0.1) is 0 Å². The quantitative estimate of drug-likeness (QED) is 0.591. The van der Waals surface area contributed by atoms with Crippen LogP contribution in [0.1, 0.15) is 52.5 Å². The summed E-state index contributed by atoms with van der Waals surface area (Å²) >= 11 is 0. The van der Waals surface area contributed by atoms with Crippen molar-refractivity contribution in [2.24, 2.45) is 0 Å². The highest BCUT2D eigenvalue weighted by Gasteiger charge is 2.23. The van der Waals surface area contributed by atoms with Crippen molar-refractivity contribution in [2.75, 3.05) is 38.7 Å². The van der Waals surface area contributed by atoms with Gasteiger partial charge in [-0.3, -0.25) is 9.69 Å². The molecule has 3 heterocycles. The summed E-state index contributed by atoms with van der Waals surface area (Å²) in [6.45, 7) is 6.71. The SMILES string of the molecule is COc1cccc(C(=O)NC(C)c2nnc3n2CCN(Cc2ccc4c(c2)CCCN4C)CC3)c1. The smallest absolute Gasteiger partial charge is 0.251 e. The zero-order valence-electron chi connectivity index (χ0n) is 20.8. The van der Waals surface area contributed by atoms with E-state index < -0.39 is 0 Å². The predicted molar refractivity (Wildman–Crippen MR) is 136 cm³/mol. The molecule has 2 aromatic carbocycles. The summed E-state index contributed by atoms with van der Waals surface area (Å²) in [5.74, 6) is 2.29. The molecule has 35 heavy (non-hydrogen) atoms. The average Bonchev–Trinajstić information content (AvgIpc) is 3.18. The second-order valence-electron chi connectivity index (χ2n) is 9.57. The Balaban J connectivity index is 1.23. The summed E-state index contributed by atoms with van der Waals surface area (Å²) < 4.78 is 7.42. The Labute approximate surface area is 206 Å². The molecule has 1 amide bonds. The normalized spacial score (nSPS) is 16.7. The van der Waals surface area contributed by atoms with E-state index in [4.69, 9.17) is 4.74 Å². The van der Waals surface area contributed by atoms with Crippen molar-refractivity contribution >= 4 is 11.6 Å². The topological polar surface area (TPSA) is 75.5 Å². The van der Waals surface area contributed by atoms with E-state index in [1.165, 1.54) is 23.2 Å². The lowest BCUT2D eigenvalue weighted by Crippen LogP contribution is -2.30. The van der Waals surface area contributed by atoms with Crippen LogP contribution in [0.25, 0.3) is 0 Å². The molecule has 0 aliphatic carbocycles. The van der Waals surface area contributed by atoms with Crippen molar-refractivity contribution in [1.29, 1.82) is 0 Å². The maximum absolute atomic E-state index is 12.8. The zero-order chi connectivity index (χ0) is 24.4. The highest BCUT2D eigenvalue weighted by molar-refractivity contribution is 5.94. The Morgan fingerprint density at radius 3 is 2.83 bits per heavy atom. The third-order valence-corrected chi connectivity index (χ3v) is 7.12. The van der Waals surface area contributed by atoms with Gasteiger partial charge in [-0.1, -0.05) is 18.2 Å². The average molecular weight is 475 g/mol. The summed E-state index contributed by atoms with van der Waals surface area (Å²) in [7, 11) is 3.78. The number of benzene rings is 2. The number of amides is 1. The summed E-state index contributed by atoms with van der Waals surface area (Å²) in [4.78, 5) is 17.6. The monoisotopic (exact) mass is 474 g/mol. The van der Waals surface area contributed by atoms with E-state index in [0.29, 0.717) is 11.3 Å². The first-order valence-corrected chi connectivity index (χ1v) is 12.4. The fourth-order valence-electron chi connectivity index (χ4n) is 5.17. The number of aromatic nitrogens is 3. The van der Waals surface area contributed by atoms with Crippen LogP contribution < -0.4 is 15.0 Å². The first-order valence-electron chi connectivity index (χ1n) is 12.4. The Morgan fingerprint density at radius 2 is 1.97 bits per heavy atom. The van der Waals surface area contributed by atoms with Crippen molar-refractivity contribution in [3.05, 3.63) is 70.8 Å². The third-order valence-electron chi connectivity index (χ3n) is 7.12. The summed E-state index contributed by atoms with van der Waals surface area (Å²) in [6, 6.07) is 13.9. The minimum Gasteiger partial charge on any atom is -0.497 e. The maximum atomic E-state index is 12.8. The first kappa shape index (κ1) is 23.4.